The third kappa shape index (κ3) is 9.09. The highest BCUT2D eigenvalue weighted by Gasteiger charge is 2.57. The molecule has 16 atom stereocenters. The molecule has 47 heavy (non-hydrogen) atoms. The van der Waals surface area contributed by atoms with Crippen molar-refractivity contribution in [2.45, 2.75) is 117 Å². The van der Waals surface area contributed by atoms with E-state index < -0.39 is 136 Å². The summed E-state index contributed by atoms with van der Waals surface area (Å²) in [5, 5.41) is 116. The molecule has 0 radical (unpaired) electrons. The van der Waals surface area contributed by atoms with Crippen LogP contribution in [0.2, 0.25) is 0 Å². The minimum Gasteiger partial charge on any atom is -0.477 e. The number of hydrogen-bond donors (Lipinski definition) is 13. The highest BCUT2D eigenvalue weighted by Crippen LogP contribution is 2.35. The standard InChI is InChI=1S/C26H46N2O19/c1-9(31)28-14-10(32)5-26(25(40)41,47-22(14)15(34)11(33)6-29)43-8-13-16(35)17(36)19(38)24(45-13)46-21-12(7-30)44-23(20(39)18(21)37)42-4-2-3-27/h10-24,29-30,32-39H,2-8,27H2,1H3,(H,28,31)(H,40,41). The van der Waals surface area contributed by atoms with Crippen molar-refractivity contribution in [2.75, 3.05) is 33.0 Å². The molecule has 3 rings (SSSR count). The zero-order chi connectivity index (χ0) is 35.2. The van der Waals surface area contributed by atoms with E-state index in [1.165, 1.54) is 0 Å². The first-order valence-corrected chi connectivity index (χ1v) is 14.9. The fraction of sp³-hybridized carbons (Fsp3) is 0.923. The van der Waals surface area contributed by atoms with Crippen LogP contribution in [0.15, 0.2) is 0 Å². The van der Waals surface area contributed by atoms with Crippen LogP contribution in [-0.2, 0) is 38.0 Å². The molecule has 3 saturated heterocycles. The molecular weight excluding hydrogens is 644 g/mol. The van der Waals surface area contributed by atoms with Gasteiger partial charge >= 0.3 is 5.97 Å². The predicted molar refractivity (Wildman–Crippen MR) is 147 cm³/mol. The maximum absolute atomic E-state index is 12.4. The quantitative estimate of drug-likeness (QED) is 0.0709. The zero-order valence-electron chi connectivity index (χ0n) is 25.4. The molecule has 3 aliphatic heterocycles. The Morgan fingerprint density at radius 2 is 1.60 bits per heavy atom. The molecule has 14 N–H and O–H groups in total. The Bertz CT molecular complexity index is 1010. The van der Waals surface area contributed by atoms with E-state index in [9.17, 15) is 65.8 Å². The first-order chi connectivity index (χ1) is 22.1. The minimum atomic E-state index is -2.83. The van der Waals surface area contributed by atoms with Crippen LogP contribution in [-0.4, -0.2) is 199 Å². The van der Waals surface area contributed by atoms with E-state index in [0.29, 0.717) is 6.42 Å². The number of aliphatic hydroxyl groups excluding tert-OH is 10. The van der Waals surface area contributed by atoms with E-state index in [2.05, 4.69) is 5.32 Å². The van der Waals surface area contributed by atoms with Gasteiger partial charge in [0.25, 0.3) is 5.79 Å². The molecule has 0 bridgehead atoms. The molecule has 0 aliphatic carbocycles. The van der Waals surface area contributed by atoms with Gasteiger partial charge in [0, 0.05) is 13.3 Å². The molecule has 3 heterocycles. The largest absolute Gasteiger partial charge is 0.477 e. The monoisotopic (exact) mass is 690 g/mol. The summed E-state index contributed by atoms with van der Waals surface area (Å²) in [7, 11) is 0. The smallest absolute Gasteiger partial charge is 0.364 e. The van der Waals surface area contributed by atoms with Gasteiger partial charge < -0.3 is 95.6 Å². The Morgan fingerprint density at radius 3 is 2.17 bits per heavy atom. The Balaban J connectivity index is 1.79. The maximum atomic E-state index is 12.4. The first kappa shape index (κ1) is 39.7. The minimum absolute atomic E-state index is 0.0546. The highest BCUT2D eigenvalue weighted by atomic mass is 16.8. The first-order valence-electron chi connectivity index (χ1n) is 14.9. The maximum Gasteiger partial charge on any atom is 0.364 e. The third-order valence-corrected chi connectivity index (χ3v) is 8.08. The lowest BCUT2D eigenvalue weighted by molar-refractivity contribution is -0.367. The van der Waals surface area contributed by atoms with Crippen molar-refractivity contribution in [1.29, 1.82) is 0 Å². The SMILES string of the molecule is CC(=O)NC1C(O)CC(OCC2OC(OC3C(CO)OC(OCCCN)C(O)C3O)C(O)C(O)C2O)(C(=O)O)OC1C(O)C(O)CO. The van der Waals surface area contributed by atoms with E-state index in [4.69, 9.17) is 34.2 Å². The van der Waals surface area contributed by atoms with Gasteiger partial charge in [-0.25, -0.2) is 4.79 Å². The fourth-order valence-corrected chi connectivity index (χ4v) is 5.46. The van der Waals surface area contributed by atoms with Crippen molar-refractivity contribution < 1.29 is 94.2 Å². The van der Waals surface area contributed by atoms with Crippen molar-refractivity contribution in [2.24, 2.45) is 5.73 Å². The van der Waals surface area contributed by atoms with E-state index >= 15 is 0 Å². The fourth-order valence-electron chi connectivity index (χ4n) is 5.46. The summed E-state index contributed by atoms with van der Waals surface area (Å²) in [5.74, 6) is -5.40. The van der Waals surface area contributed by atoms with Crippen LogP contribution in [0.25, 0.3) is 0 Å². The number of nitrogens with two attached hydrogens (primary N) is 1. The van der Waals surface area contributed by atoms with Gasteiger partial charge in [0.1, 0.15) is 67.1 Å². The summed E-state index contributed by atoms with van der Waals surface area (Å²) in [5.41, 5.74) is 5.41. The average Bonchev–Trinajstić information content (AvgIpc) is 3.03. The predicted octanol–water partition coefficient (Wildman–Crippen LogP) is -7.85. The van der Waals surface area contributed by atoms with E-state index in [-0.39, 0.29) is 13.2 Å². The normalized spacial score (nSPS) is 42.4. The van der Waals surface area contributed by atoms with Crippen LogP contribution >= 0.6 is 0 Å². The van der Waals surface area contributed by atoms with E-state index in [1.54, 1.807) is 0 Å². The molecule has 21 heteroatoms. The Kier molecular flexibility index (Phi) is 14.6. The van der Waals surface area contributed by atoms with E-state index in [0.717, 1.165) is 6.92 Å². The van der Waals surface area contributed by atoms with Crippen LogP contribution in [0, 0.1) is 0 Å². The van der Waals surface area contributed by atoms with Crippen molar-refractivity contribution in [3.05, 3.63) is 0 Å². The molecule has 3 fully saturated rings. The lowest BCUT2D eigenvalue weighted by atomic mass is 9.88. The Hall–Kier alpha value is -1.74. The number of carboxylic acids is 1. The lowest BCUT2D eigenvalue weighted by Gasteiger charge is -2.48. The van der Waals surface area contributed by atoms with Crippen molar-refractivity contribution >= 4 is 11.9 Å². The Labute approximate surface area is 267 Å². The summed E-state index contributed by atoms with van der Waals surface area (Å²) in [4.78, 5) is 24.2. The molecule has 21 nitrogen and oxygen atoms in total. The third-order valence-electron chi connectivity index (χ3n) is 8.08. The van der Waals surface area contributed by atoms with Gasteiger partial charge in [-0.1, -0.05) is 0 Å². The second-order valence-electron chi connectivity index (χ2n) is 11.5. The number of ether oxygens (including phenoxy) is 6. The van der Waals surface area contributed by atoms with Crippen LogP contribution in [0.4, 0.5) is 0 Å². The molecule has 0 saturated carbocycles. The summed E-state index contributed by atoms with van der Waals surface area (Å²) < 4.78 is 32.9. The molecule has 0 spiro atoms. The van der Waals surface area contributed by atoms with Gasteiger partial charge in [0.2, 0.25) is 5.91 Å². The van der Waals surface area contributed by atoms with Gasteiger partial charge in [-0.15, -0.1) is 0 Å². The van der Waals surface area contributed by atoms with Crippen LogP contribution in [0.5, 0.6) is 0 Å². The number of rotatable bonds is 15. The number of aliphatic hydroxyl groups is 10. The second-order valence-corrected chi connectivity index (χ2v) is 11.5. The van der Waals surface area contributed by atoms with Crippen molar-refractivity contribution in [3.63, 3.8) is 0 Å². The van der Waals surface area contributed by atoms with Gasteiger partial charge in [0.15, 0.2) is 12.6 Å². The molecule has 0 aromatic heterocycles. The van der Waals surface area contributed by atoms with Gasteiger partial charge in [0.05, 0.1) is 38.6 Å². The molecule has 16 unspecified atom stereocenters. The second kappa shape index (κ2) is 17.3. The van der Waals surface area contributed by atoms with Crippen LogP contribution in [0.3, 0.4) is 0 Å². The lowest BCUT2D eigenvalue weighted by Crippen LogP contribution is -2.68. The van der Waals surface area contributed by atoms with Crippen molar-refractivity contribution in [1.82, 2.24) is 5.32 Å². The number of nitrogens with one attached hydrogen (secondary N) is 1. The summed E-state index contributed by atoms with van der Waals surface area (Å²) in [6.07, 6.45) is -25.5. The van der Waals surface area contributed by atoms with Gasteiger partial charge in [-0.2, -0.15) is 0 Å². The van der Waals surface area contributed by atoms with E-state index in [1.807, 2.05) is 0 Å². The van der Waals surface area contributed by atoms with Crippen LogP contribution < -0.4 is 11.1 Å². The summed E-state index contributed by atoms with van der Waals surface area (Å²) >= 11 is 0. The van der Waals surface area contributed by atoms with Gasteiger partial charge in [-0.3, -0.25) is 4.79 Å². The highest BCUT2D eigenvalue weighted by molar-refractivity contribution is 5.76. The number of hydrogen-bond acceptors (Lipinski definition) is 19. The summed E-state index contributed by atoms with van der Waals surface area (Å²) in [6, 6.07) is -1.48. The average molecular weight is 691 g/mol. The number of amides is 1. The number of carbonyl (C=O) groups excluding carboxylic acids is 1. The number of carbonyl (C=O) groups is 2. The topological polar surface area (TPSA) is 350 Å². The number of aliphatic carboxylic acids is 1. The molecular formula is C26H46N2O19. The molecule has 3 aliphatic rings. The molecule has 0 aromatic carbocycles. The molecule has 1 amide bonds. The number of carboxylic acid groups (broad SMARTS) is 1. The van der Waals surface area contributed by atoms with Gasteiger partial charge in [-0.05, 0) is 13.0 Å². The summed E-state index contributed by atoms with van der Waals surface area (Å²) in [6.45, 7) is -1.35. The van der Waals surface area contributed by atoms with Crippen LogP contribution in [0.1, 0.15) is 19.8 Å². The zero-order valence-corrected chi connectivity index (χ0v) is 25.4. The Morgan fingerprint density at radius 1 is 0.957 bits per heavy atom. The molecule has 274 valence electrons. The van der Waals surface area contributed by atoms with Crippen molar-refractivity contribution in [3.8, 4) is 0 Å². The molecule has 0 aromatic rings.